The van der Waals surface area contributed by atoms with Crippen molar-refractivity contribution in [2.75, 3.05) is 6.54 Å². The maximum Gasteiger partial charge on any atom is 0.274 e. The second-order valence-electron chi connectivity index (χ2n) is 6.06. The highest BCUT2D eigenvalue weighted by molar-refractivity contribution is 5.41. The molecule has 0 amide bonds. The van der Waals surface area contributed by atoms with Crippen molar-refractivity contribution in [1.82, 2.24) is 5.32 Å². The number of nitro benzene ring substituents is 1. The van der Waals surface area contributed by atoms with Gasteiger partial charge in [-0.3, -0.25) is 10.1 Å². The van der Waals surface area contributed by atoms with Crippen LogP contribution in [0.25, 0.3) is 0 Å². The molecule has 0 heterocycles. The number of nitrogens with one attached hydrogen (secondary N) is 1. The van der Waals surface area contributed by atoms with Crippen molar-refractivity contribution < 1.29 is 4.92 Å². The number of benzene rings is 1. The molecule has 0 radical (unpaired) electrons. The first-order chi connectivity index (χ1) is 8.75. The number of nitro groups is 1. The summed E-state index contributed by atoms with van der Waals surface area (Å²) >= 11 is 0. The van der Waals surface area contributed by atoms with Crippen molar-refractivity contribution in [2.45, 2.75) is 40.7 Å². The fourth-order valence-corrected chi connectivity index (χ4v) is 1.75. The largest absolute Gasteiger partial charge is 0.309 e. The van der Waals surface area contributed by atoms with E-state index >= 15 is 0 Å². The lowest BCUT2D eigenvalue weighted by molar-refractivity contribution is -0.385. The fourth-order valence-electron chi connectivity index (χ4n) is 1.75. The van der Waals surface area contributed by atoms with E-state index in [4.69, 9.17) is 0 Å². The Balaban J connectivity index is 2.79. The highest BCUT2D eigenvalue weighted by atomic mass is 16.6. The van der Waals surface area contributed by atoms with Gasteiger partial charge in [0.15, 0.2) is 0 Å². The standard InChI is InChI=1S/C15H24N2O2/c1-11(2)15(4,5)10-16-12(3)13-8-6-7-9-14(13)17(18)19/h6-9,11-12,16H,10H2,1-5H3. The van der Waals surface area contributed by atoms with Gasteiger partial charge in [0.25, 0.3) is 5.69 Å². The monoisotopic (exact) mass is 264 g/mol. The van der Waals surface area contributed by atoms with Crippen molar-refractivity contribution in [2.24, 2.45) is 11.3 Å². The molecule has 106 valence electrons. The molecule has 0 saturated heterocycles. The highest BCUT2D eigenvalue weighted by Crippen LogP contribution is 2.28. The molecular formula is C15H24N2O2. The third kappa shape index (κ3) is 4.03. The van der Waals surface area contributed by atoms with Crippen molar-refractivity contribution in [1.29, 1.82) is 0 Å². The van der Waals surface area contributed by atoms with Crippen LogP contribution in [0.5, 0.6) is 0 Å². The van der Waals surface area contributed by atoms with E-state index < -0.39 is 0 Å². The summed E-state index contributed by atoms with van der Waals surface area (Å²) in [5.74, 6) is 0.554. The Morgan fingerprint density at radius 1 is 1.26 bits per heavy atom. The molecule has 0 spiro atoms. The molecule has 0 aliphatic heterocycles. The van der Waals surface area contributed by atoms with Gasteiger partial charge in [0, 0.05) is 24.2 Å². The van der Waals surface area contributed by atoms with E-state index in [1.807, 2.05) is 19.1 Å². The average molecular weight is 264 g/mol. The van der Waals surface area contributed by atoms with E-state index in [2.05, 4.69) is 33.0 Å². The second-order valence-corrected chi connectivity index (χ2v) is 6.06. The molecule has 0 fully saturated rings. The topological polar surface area (TPSA) is 55.2 Å². The summed E-state index contributed by atoms with van der Waals surface area (Å²) in [6, 6.07) is 6.89. The van der Waals surface area contributed by atoms with E-state index in [-0.39, 0.29) is 22.1 Å². The number of para-hydroxylation sites is 1. The SMILES string of the molecule is CC(NCC(C)(C)C(C)C)c1ccccc1[N+](=O)[O-]. The van der Waals surface area contributed by atoms with Crippen molar-refractivity contribution in [3.8, 4) is 0 Å². The molecule has 1 aromatic carbocycles. The number of nitrogens with zero attached hydrogens (tertiary/aromatic N) is 1. The summed E-state index contributed by atoms with van der Waals surface area (Å²) in [5, 5.41) is 14.4. The van der Waals surface area contributed by atoms with Crippen LogP contribution in [0.15, 0.2) is 24.3 Å². The molecule has 4 heteroatoms. The molecule has 0 aliphatic rings. The minimum atomic E-state index is -0.318. The summed E-state index contributed by atoms with van der Waals surface area (Å²) in [5.41, 5.74) is 1.09. The summed E-state index contributed by atoms with van der Waals surface area (Å²) < 4.78 is 0. The molecule has 1 rings (SSSR count). The van der Waals surface area contributed by atoms with E-state index in [0.29, 0.717) is 5.92 Å². The zero-order chi connectivity index (χ0) is 14.6. The van der Waals surface area contributed by atoms with Crippen LogP contribution in [0.3, 0.4) is 0 Å². The minimum Gasteiger partial charge on any atom is -0.309 e. The molecule has 1 N–H and O–H groups in total. The van der Waals surface area contributed by atoms with Crippen molar-refractivity contribution >= 4 is 5.69 Å². The summed E-state index contributed by atoms with van der Waals surface area (Å²) in [4.78, 5) is 10.7. The molecule has 1 aromatic rings. The Labute approximate surface area is 115 Å². The van der Waals surface area contributed by atoms with Crippen LogP contribution in [-0.2, 0) is 0 Å². The quantitative estimate of drug-likeness (QED) is 0.625. The summed E-state index contributed by atoms with van der Waals surface area (Å²) in [6.45, 7) is 11.6. The van der Waals surface area contributed by atoms with Crippen LogP contribution >= 0.6 is 0 Å². The van der Waals surface area contributed by atoms with Crippen LogP contribution in [0.2, 0.25) is 0 Å². The average Bonchev–Trinajstić information content (AvgIpc) is 2.35. The van der Waals surface area contributed by atoms with Crippen LogP contribution in [-0.4, -0.2) is 11.5 Å². The van der Waals surface area contributed by atoms with Crippen LogP contribution in [0.1, 0.15) is 46.2 Å². The first-order valence-corrected chi connectivity index (χ1v) is 6.72. The first-order valence-electron chi connectivity index (χ1n) is 6.72. The van der Waals surface area contributed by atoms with E-state index in [1.54, 1.807) is 12.1 Å². The highest BCUT2D eigenvalue weighted by Gasteiger charge is 2.24. The Hall–Kier alpha value is -1.42. The summed E-state index contributed by atoms with van der Waals surface area (Å²) in [6.07, 6.45) is 0. The van der Waals surface area contributed by atoms with Crippen molar-refractivity contribution in [3.05, 3.63) is 39.9 Å². The zero-order valence-electron chi connectivity index (χ0n) is 12.4. The van der Waals surface area contributed by atoms with Gasteiger partial charge in [0.05, 0.1) is 4.92 Å². The van der Waals surface area contributed by atoms with Crippen LogP contribution in [0.4, 0.5) is 5.69 Å². The molecule has 0 aromatic heterocycles. The van der Waals surface area contributed by atoms with Gasteiger partial charge in [-0.05, 0) is 18.3 Å². The van der Waals surface area contributed by atoms with Gasteiger partial charge in [-0.15, -0.1) is 0 Å². The Morgan fingerprint density at radius 3 is 2.37 bits per heavy atom. The van der Waals surface area contributed by atoms with Crippen LogP contribution in [0, 0.1) is 21.4 Å². The Bertz CT molecular complexity index is 442. The number of rotatable bonds is 6. The molecule has 1 unspecified atom stereocenters. The fraction of sp³-hybridized carbons (Fsp3) is 0.600. The van der Waals surface area contributed by atoms with Gasteiger partial charge >= 0.3 is 0 Å². The smallest absolute Gasteiger partial charge is 0.274 e. The predicted molar refractivity (Wildman–Crippen MR) is 78.1 cm³/mol. The van der Waals surface area contributed by atoms with Gasteiger partial charge in [-0.1, -0.05) is 45.9 Å². The third-order valence-electron chi connectivity index (χ3n) is 4.03. The first kappa shape index (κ1) is 15.6. The molecule has 4 nitrogen and oxygen atoms in total. The van der Waals surface area contributed by atoms with Gasteiger partial charge in [0.2, 0.25) is 0 Å². The summed E-state index contributed by atoms with van der Waals surface area (Å²) in [7, 11) is 0. The number of hydrogen-bond donors (Lipinski definition) is 1. The number of hydrogen-bond acceptors (Lipinski definition) is 3. The Kier molecular flexibility index (Phi) is 5.06. The molecule has 19 heavy (non-hydrogen) atoms. The lowest BCUT2D eigenvalue weighted by Gasteiger charge is -2.31. The maximum atomic E-state index is 11.0. The van der Waals surface area contributed by atoms with E-state index in [9.17, 15) is 10.1 Å². The van der Waals surface area contributed by atoms with Gasteiger partial charge < -0.3 is 5.32 Å². The molecular weight excluding hydrogens is 240 g/mol. The second kappa shape index (κ2) is 6.15. The Morgan fingerprint density at radius 2 is 1.84 bits per heavy atom. The van der Waals surface area contributed by atoms with Gasteiger partial charge in [-0.2, -0.15) is 0 Å². The normalized spacial score (nSPS) is 13.6. The molecule has 0 saturated carbocycles. The maximum absolute atomic E-state index is 11.0. The van der Waals surface area contributed by atoms with Crippen LogP contribution < -0.4 is 5.32 Å². The van der Waals surface area contributed by atoms with Crippen molar-refractivity contribution in [3.63, 3.8) is 0 Å². The van der Waals surface area contributed by atoms with E-state index in [0.717, 1.165) is 12.1 Å². The lowest BCUT2D eigenvalue weighted by Crippen LogP contribution is -2.35. The molecule has 0 aliphatic carbocycles. The third-order valence-corrected chi connectivity index (χ3v) is 4.03. The van der Waals surface area contributed by atoms with Gasteiger partial charge in [-0.25, -0.2) is 0 Å². The lowest BCUT2D eigenvalue weighted by atomic mass is 9.81. The minimum absolute atomic E-state index is 0.0281. The predicted octanol–water partition coefficient (Wildman–Crippen LogP) is 3.93. The molecule has 0 bridgehead atoms. The molecule has 1 atom stereocenters. The van der Waals surface area contributed by atoms with Gasteiger partial charge in [0.1, 0.15) is 0 Å². The zero-order valence-corrected chi connectivity index (χ0v) is 12.4. The van der Waals surface area contributed by atoms with E-state index in [1.165, 1.54) is 0 Å².